The van der Waals surface area contributed by atoms with Gasteiger partial charge in [0.15, 0.2) is 0 Å². The van der Waals surface area contributed by atoms with Gasteiger partial charge in [-0.15, -0.1) is 5.54 Å². The van der Waals surface area contributed by atoms with Gasteiger partial charge in [-0.3, -0.25) is 0 Å². The molecule has 0 aliphatic rings. The smallest absolute Gasteiger partial charge is 0.138 e. The molecule has 156 valence electrons. The van der Waals surface area contributed by atoms with E-state index in [0.717, 1.165) is 49.8 Å². The van der Waals surface area contributed by atoms with Crippen LogP contribution in [0.5, 0.6) is 0 Å². The first-order valence-electron chi connectivity index (χ1n) is 10.6. The molecule has 0 aliphatic heterocycles. The van der Waals surface area contributed by atoms with E-state index in [0.29, 0.717) is 0 Å². The summed E-state index contributed by atoms with van der Waals surface area (Å²) in [4.78, 5) is 0. The third-order valence-corrected chi connectivity index (χ3v) is 10.3. The zero-order chi connectivity index (χ0) is 21.2. The van der Waals surface area contributed by atoms with E-state index in [2.05, 4.69) is 52.3 Å². The van der Waals surface area contributed by atoms with Crippen molar-refractivity contribution in [2.24, 2.45) is 0 Å². The molecule has 0 bridgehead atoms. The molecular weight excluding hydrogens is 360 g/mol. The van der Waals surface area contributed by atoms with Gasteiger partial charge in [0.25, 0.3) is 0 Å². The molecule has 1 rings (SSSR count). The van der Waals surface area contributed by atoms with E-state index in [4.69, 9.17) is 4.74 Å². The number of hydrogen-bond acceptors (Lipinski definition) is 2. The molecule has 1 atom stereocenters. The maximum absolute atomic E-state index is 11.2. The third kappa shape index (κ3) is 7.58. The van der Waals surface area contributed by atoms with E-state index in [1.807, 2.05) is 30.3 Å². The SMILES string of the molecule is CCCC/C(CCCOC)=C(/C#C[Si](C)(C)C(C)(C)C)C(O)c1ccccc1. The van der Waals surface area contributed by atoms with Crippen molar-refractivity contribution < 1.29 is 9.84 Å². The maximum Gasteiger partial charge on any atom is 0.138 e. The Morgan fingerprint density at radius 2 is 1.71 bits per heavy atom. The molecule has 1 N–H and O–H groups in total. The maximum atomic E-state index is 11.2. The predicted octanol–water partition coefficient (Wildman–Crippen LogP) is 6.68. The summed E-state index contributed by atoms with van der Waals surface area (Å²) in [5.74, 6) is 3.50. The molecule has 0 radical (unpaired) electrons. The van der Waals surface area contributed by atoms with Crippen LogP contribution >= 0.6 is 0 Å². The molecule has 0 fully saturated rings. The number of methoxy groups -OCH3 is 1. The highest BCUT2D eigenvalue weighted by atomic mass is 28.3. The number of benzene rings is 1. The van der Waals surface area contributed by atoms with Gasteiger partial charge >= 0.3 is 0 Å². The van der Waals surface area contributed by atoms with Crippen LogP contribution in [0.1, 0.15) is 71.5 Å². The molecule has 0 aliphatic carbocycles. The quantitative estimate of drug-likeness (QED) is 0.284. The van der Waals surface area contributed by atoms with Crippen molar-refractivity contribution in [3.8, 4) is 11.5 Å². The molecule has 1 aromatic carbocycles. The fourth-order valence-electron chi connectivity index (χ4n) is 2.78. The Morgan fingerprint density at radius 1 is 1.11 bits per heavy atom. The Labute approximate surface area is 174 Å². The largest absolute Gasteiger partial charge is 0.385 e. The third-order valence-electron chi connectivity index (χ3n) is 5.81. The van der Waals surface area contributed by atoms with E-state index >= 15 is 0 Å². The van der Waals surface area contributed by atoms with Gasteiger partial charge in [0.1, 0.15) is 14.2 Å². The van der Waals surface area contributed by atoms with E-state index in [1.165, 1.54) is 5.57 Å². The van der Waals surface area contributed by atoms with Gasteiger partial charge in [0.2, 0.25) is 0 Å². The molecule has 0 heterocycles. The average molecular weight is 401 g/mol. The summed E-state index contributed by atoms with van der Waals surface area (Å²) in [5, 5.41) is 11.4. The van der Waals surface area contributed by atoms with Crippen LogP contribution < -0.4 is 0 Å². The first kappa shape index (κ1) is 24.7. The minimum atomic E-state index is -1.76. The van der Waals surface area contributed by atoms with Crippen LogP contribution in [0.4, 0.5) is 0 Å². The van der Waals surface area contributed by atoms with Crippen molar-refractivity contribution in [2.75, 3.05) is 13.7 Å². The summed E-state index contributed by atoms with van der Waals surface area (Å²) in [7, 11) is -0.0184. The lowest BCUT2D eigenvalue weighted by molar-refractivity contribution is 0.193. The number of hydrogen-bond donors (Lipinski definition) is 1. The Morgan fingerprint density at radius 3 is 2.25 bits per heavy atom. The van der Waals surface area contributed by atoms with E-state index in [-0.39, 0.29) is 5.04 Å². The Hall–Kier alpha value is -1.34. The van der Waals surface area contributed by atoms with Gasteiger partial charge in [-0.25, -0.2) is 0 Å². The van der Waals surface area contributed by atoms with Gasteiger partial charge in [0, 0.05) is 19.3 Å². The molecule has 1 unspecified atom stereocenters. The van der Waals surface area contributed by atoms with Crippen molar-refractivity contribution in [3.05, 3.63) is 47.0 Å². The van der Waals surface area contributed by atoms with Crippen LogP contribution in [0.3, 0.4) is 0 Å². The second-order valence-corrected chi connectivity index (χ2v) is 14.2. The molecule has 2 nitrogen and oxygen atoms in total. The number of unbranched alkanes of at least 4 members (excludes halogenated alkanes) is 1. The number of rotatable bonds is 9. The topological polar surface area (TPSA) is 29.5 Å². The van der Waals surface area contributed by atoms with E-state index < -0.39 is 14.2 Å². The van der Waals surface area contributed by atoms with Crippen LogP contribution in [0.25, 0.3) is 0 Å². The molecule has 1 aromatic rings. The monoisotopic (exact) mass is 400 g/mol. The molecule has 28 heavy (non-hydrogen) atoms. The van der Waals surface area contributed by atoms with Crippen LogP contribution in [-0.4, -0.2) is 26.9 Å². The number of aliphatic hydroxyl groups excluding tert-OH is 1. The first-order chi connectivity index (χ1) is 13.1. The summed E-state index contributed by atoms with van der Waals surface area (Å²) in [6.07, 6.45) is 4.48. The molecule has 0 saturated heterocycles. The number of aliphatic hydroxyl groups is 1. The van der Waals surface area contributed by atoms with Gasteiger partial charge < -0.3 is 9.84 Å². The summed E-state index contributed by atoms with van der Waals surface area (Å²) in [6.45, 7) is 14.4. The fraction of sp³-hybridized carbons (Fsp3) is 0.600. The molecular formula is C25H40O2Si. The van der Waals surface area contributed by atoms with Crippen LogP contribution in [0, 0.1) is 11.5 Å². The number of allylic oxidation sites excluding steroid dienone is 1. The standard InChI is InChI=1S/C25H40O2Si/c1-8-9-14-21(17-13-19-27-5)23(18-20-28(6,7)25(2,3)4)24(26)22-15-11-10-12-16-22/h10-12,15-16,24,26H,8-9,13-14,17,19H2,1-7H3/b23-21+. The average Bonchev–Trinajstić information content (AvgIpc) is 2.65. The lowest BCUT2D eigenvalue weighted by Crippen LogP contribution is -2.35. The van der Waals surface area contributed by atoms with E-state index in [1.54, 1.807) is 7.11 Å². The first-order valence-corrected chi connectivity index (χ1v) is 13.6. The van der Waals surface area contributed by atoms with Gasteiger partial charge in [-0.05, 0) is 36.3 Å². The second kappa shape index (κ2) is 11.6. The minimum absolute atomic E-state index is 0.197. The summed E-state index contributed by atoms with van der Waals surface area (Å²) >= 11 is 0. The Kier molecular flexibility index (Phi) is 10.2. The van der Waals surface area contributed by atoms with Crippen molar-refractivity contribution in [1.29, 1.82) is 0 Å². The number of ether oxygens (including phenoxy) is 1. The van der Waals surface area contributed by atoms with Crippen molar-refractivity contribution >= 4 is 8.07 Å². The zero-order valence-corrected chi connectivity index (χ0v) is 20.1. The van der Waals surface area contributed by atoms with Gasteiger partial charge in [-0.2, -0.15) is 0 Å². The highest BCUT2D eigenvalue weighted by molar-refractivity contribution is 6.87. The highest BCUT2D eigenvalue weighted by Crippen LogP contribution is 2.36. The summed E-state index contributed by atoms with van der Waals surface area (Å²) in [6, 6.07) is 9.93. The minimum Gasteiger partial charge on any atom is -0.385 e. The zero-order valence-electron chi connectivity index (χ0n) is 19.1. The lowest BCUT2D eigenvalue weighted by Gasteiger charge is -2.31. The van der Waals surface area contributed by atoms with Crippen LogP contribution in [0.2, 0.25) is 18.1 Å². The summed E-state index contributed by atoms with van der Waals surface area (Å²) in [5.41, 5.74) is 6.77. The van der Waals surface area contributed by atoms with Crippen molar-refractivity contribution in [2.45, 2.75) is 84.0 Å². The lowest BCUT2D eigenvalue weighted by atomic mass is 9.92. The Balaban J connectivity index is 3.42. The van der Waals surface area contributed by atoms with Crippen molar-refractivity contribution in [1.82, 2.24) is 0 Å². The van der Waals surface area contributed by atoms with Gasteiger partial charge in [-0.1, -0.05) is 89.0 Å². The van der Waals surface area contributed by atoms with Crippen molar-refractivity contribution in [3.63, 3.8) is 0 Å². The Bertz CT molecular complexity index is 672. The molecule has 0 aromatic heterocycles. The van der Waals surface area contributed by atoms with Gasteiger partial charge in [0.05, 0.1) is 0 Å². The molecule has 0 saturated carbocycles. The summed E-state index contributed by atoms with van der Waals surface area (Å²) < 4.78 is 5.27. The highest BCUT2D eigenvalue weighted by Gasteiger charge is 2.34. The molecule has 3 heteroatoms. The van der Waals surface area contributed by atoms with Crippen LogP contribution in [0.15, 0.2) is 41.5 Å². The molecule has 0 amide bonds. The van der Waals surface area contributed by atoms with E-state index in [9.17, 15) is 5.11 Å². The van der Waals surface area contributed by atoms with Crippen LogP contribution in [-0.2, 0) is 4.74 Å². The normalized spacial score (nSPS) is 14.1. The predicted molar refractivity (Wildman–Crippen MR) is 124 cm³/mol. The fourth-order valence-corrected chi connectivity index (χ4v) is 3.60. The molecule has 0 spiro atoms. The second-order valence-electron chi connectivity index (χ2n) is 9.16.